The monoisotopic (exact) mass is 356 g/mol. The zero-order valence-electron chi connectivity index (χ0n) is 13.2. The van der Waals surface area contributed by atoms with Crippen LogP contribution in [-0.4, -0.2) is 20.9 Å². The minimum Gasteiger partial charge on any atom is -0.481 e. The average Bonchev–Trinajstić information content (AvgIpc) is 2.75. The van der Waals surface area contributed by atoms with Gasteiger partial charge in [-0.15, -0.1) is 0 Å². The van der Waals surface area contributed by atoms with Crippen LogP contribution in [0, 0.1) is 18.3 Å². The number of aromatic nitrogens is 2. The molecule has 1 N–H and O–H groups in total. The number of carbonyl (C=O) groups is 1. The van der Waals surface area contributed by atoms with E-state index in [9.17, 15) is 9.90 Å². The summed E-state index contributed by atoms with van der Waals surface area (Å²) >= 11 is 3.59. The van der Waals surface area contributed by atoms with E-state index in [0.29, 0.717) is 12.3 Å². The summed E-state index contributed by atoms with van der Waals surface area (Å²) in [5, 5.41) is 14.3. The summed E-state index contributed by atoms with van der Waals surface area (Å²) in [6, 6.07) is 0. The zero-order chi connectivity index (χ0) is 15.6. The zero-order valence-corrected chi connectivity index (χ0v) is 14.7. The summed E-state index contributed by atoms with van der Waals surface area (Å²) in [6.45, 7) is 6.98. The highest BCUT2D eigenvalue weighted by Crippen LogP contribution is 2.43. The first-order valence-electron chi connectivity index (χ1n) is 7.88. The average molecular weight is 357 g/mol. The first-order valence-corrected chi connectivity index (χ1v) is 8.68. The third-order valence-electron chi connectivity index (χ3n) is 5.05. The van der Waals surface area contributed by atoms with Crippen LogP contribution < -0.4 is 0 Å². The second kappa shape index (κ2) is 6.51. The molecule has 0 spiro atoms. The third-order valence-corrected chi connectivity index (χ3v) is 6.08. The fraction of sp³-hybridized carbons (Fsp3) is 0.750. The highest BCUT2D eigenvalue weighted by Gasteiger charge is 2.43. The van der Waals surface area contributed by atoms with E-state index < -0.39 is 11.4 Å². The number of carboxylic acid groups (broad SMARTS) is 1. The van der Waals surface area contributed by atoms with Gasteiger partial charge >= 0.3 is 5.97 Å². The molecule has 0 atom stereocenters. The Hall–Kier alpha value is -0.840. The van der Waals surface area contributed by atoms with Gasteiger partial charge in [-0.1, -0.05) is 13.3 Å². The Labute approximate surface area is 135 Å². The Morgan fingerprint density at radius 2 is 2.05 bits per heavy atom. The van der Waals surface area contributed by atoms with Crippen LogP contribution in [0.1, 0.15) is 57.3 Å². The normalized spacial score (nSPS) is 26.0. The highest BCUT2D eigenvalue weighted by atomic mass is 79.9. The lowest BCUT2D eigenvalue weighted by Gasteiger charge is -2.36. The number of hydrogen-bond donors (Lipinski definition) is 1. The molecule has 1 aromatic rings. The van der Waals surface area contributed by atoms with E-state index in [1.54, 1.807) is 0 Å². The largest absolute Gasteiger partial charge is 0.481 e. The van der Waals surface area contributed by atoms with E-state index in [0.717, 1.165) is 54.5 Å². The molecule has 0 bridgehead atoms. The SMILES string of the molecule is CCC1CCC(Cc2c(Br)c(C)nn2CC)(C(=O)O)CC1. The van der Waals surface area contributed by atoms with E-state index >= 15 is 0 Å². The molecule has 0 unspecified atom stereocenters. The lowest BCUT2D eigenvalue weighted by Crippen LogP contribution is -2.38. The quantitative estimate of drug-likeness (QED) is 0.860. The fourth-order valence-corrected chi connectivity index (χ4v) is 3.89. The van der Waals surface area contributed by atoms with Gasteiger partial charge in [-0.3, -0.25) is 9.48 Å². The number of aliphatic carboxylic acids is 1. The van der Waals surface area contributed by atoms with Gasteiger partial charge in [0.1, 0.15) is 0 Å². The molecular weight excluding hydrogens is 332 g/mol. The number of hydrogen-bond acceptors (Lipinski definition) is 2. The molecule has 5 heteroatoms. The van der Waals surface area contributed by atoms with Gasteiger partial charge in [0.15, 0.2) is 0 Å². The van der Waals surface area contributed by atoms with Crippen molar-refractivity contribution < 1.29 is 9.90 Å². The molecule has 1 fully saturated rings. The first-order chi connectivity index (χ1) is 9.93. The van der Waals surface area contributed by atoms with Crippen molar-refractivity contribution in [3.05, 3.63) is 15.9 Å². The van der Waals surface area contributed by atoms with Crippen LogP contribution in [0.4, 0.5) is 0 Å². The molecule has 21 heavy (non-hydrogen) atoms. The Morgan fingerprint density at radius 1 is 1.43 bits per heavy atom. The van der Waals surface area contributed by atoms with Crippen LogP contribution in [0.5, 0.6) is 0 Å². The summed E-state index contributed by atoms with van der Waals surface area (Å²) < 4.78 is 2.92. The maximum absolute atomic E-state index is 11.9. The molecule has 0 aromatic carbocycles. The van der Waals surface area contributed by atoms with Crippen LogP contribution in [0.2, 0.25) is 0 Å². The number of rotatable bonds is 5. The van der Waals surface area contributed by atoms with Gasteiger partial charge < -0.3 is 5.11 Å². The smallest absolute Gasteiger partial charge is 0.310 e. The molecular formula is C16H25BrN2O2. The predicted molar refractivity (Wildman–Crippen MR) is 86.4 cm³/mol. The van der Waals surface area contributed by atoms with E-state index in [2.05, 4.69) is 28.0 Å². The van der Waals surface area contributed by atoms with Crippen molar-refractivity contribution in [3.63, 3.8) is 0 Å². The minimum absolute atomic E-state index is 0.577. The Kier molecular flexibility index (Phi) is 5.12. The van der Waals surface area contributed by atoms with Gasteiger partial charge in [-0.25, -0.2) is 0 Å². The Bertz CT molecular complexity index is 517. The van der Waals surface area contributed by atoms with Crippen molar-refractivity contribution in [2.75, 3.05) is 0 Å². The Balaban J connectivity index is 2.28. The van der Waals surface area contributed by atoms with Gasteiger partial charge in [-0.2, -0.15) is 5.10 Å². The summed E-state index contributed by atoms with van der Waals surface area (Å²) in [5.41, 5.74) is 1.36. The standard InChI is InChI=1S/C16H25BrN2O2/c1-4-12-6-8-16(9-7-12,15(20)21)10-13-14(17)11(3)18-19(13)5-2/h12H,4-10H2,1-3H3,(H,20,21). The van der Waals surface area contributed by atoms with Crippen LogP contribution in [0.25, 0.3) is 0 Å². The van der Waals surface area contributed by atoms with Crippen LogP contribution >= 0.6 is 15.9 Å². The summed E-state index contributed by atoms with van der Waals surface area (Å²) in [6.07, 6.45) is 5.35. The van der Waals surface area contributed by atoms with Crippen molar-refractivity contribution >= 4 is 21.9 Å². The van der Waals surface area contributed by atoms with Crippen molar-refractivity contribution in [1.82, 2.24) is 9.78 Å². The summed E-state index contributed by atoms with van der Waals surface area (Å²) in [7, 11) is 0. The number of nitrogens with zero attached hydrogens (tertiary/aromatic N) is 2. The molecule has 1 aliphatic carbocycles. The van der Waals surface area contributed by atoms with Gasteiger partial charge in [0.05, 0.1) is 21.3 Å². The summed E-state index contributed by atoms with van der Waals surface area (Å²) in [4.78, 5) is 11.9. The summed E-state index contributed by atoms with van der Waals surface area (Å²) in [5.74, 6) is 0.0456. The van der Waals surface area contributed by atoms with Gasteiger partial charge in [0, 0.05) is 13.0 Å². The second-order valence-corrected chi connectivity index (χ2v) is 7.07. The molecule has 0 amide bonds. The van der Waals surface area contributed by atoms with Crippen molar-refractivity contribution in [1.29, 1.82) is 0 Å². The number of aryl methyl sites for hydroxylation is 2. The van der Waals surface area contributed by atoms with E-state index in [-0.39, 0.29) is 0 Å². The molecule has 4 nitrogen and oxygen atoms in total. The molecule has 0 radical (unpaired) electrons. The van der Waals surface area contributed by atoms with Gasteiger partial charge in [0.2, 0.25) is 0 Å². The van der Waals surface area contributed by atoms with E-state index in [4.69, 9.17) is 0 Å². The van der Waals surface area contributed by atoms with Crippen LogP contribution in [0.15, 0.2) is 4.47 Å². The molecule has 2 rings (SSSR count). The van der Waals surface area contributed by atoms with E-state index in [1.165, 1.54) is 0 Å². The van der Waals surface area contributed by atoms with E-state index in [1.807, 2.05) is 18.5 Å². The molecule has 0 aliphatic heterocycles. The Morgan fingerprint density at radius 3 is 2.52 bits per heavy atom. The lowest BCUT2D eigenvalue weighted by molar-refractivity contribution is -0.151. The lowest BCUT2D eigenvalue weighted by atomic mass is 9.67. The topological polar surface area (TPSA) is 55.1 Å². The van der Waals surface area contributed by atoms with Crippen molar-refractivity contribution in [2.45, 2.75) is 65.8 Å². The molecule has 1 aliphatic rings. The number of carboxylic acids is 1. The van der Waals surface area contributed by atoms with Crippen molar-refractivity contribution in [2.24, 2.45) is 11.3 Å². The molecule has 1 aromatic heterocycles. The van der Waals surface area contributed by atoms with Gasteiger partial charge in [0.25, 0.3) is 0 Å². The fourth-order valence-electron chi connectivity index (χ4n) is 3.46. The second-order valence-electron chi connectivity index (χ2n) is 6.28. The molecule has 1 saturated carbocycles. The predicted octanol–water partition coefficient (Wildman–Crippen LogP) is 4.19. The molecule has 118 valence electrons. The molecule has 0 saturated heterocycles. The maximum Gasteiger partial charge on any atom is 0.310 e. The molecule has 1 heterocycles. The van der Waals surface area contributed by atoms with Gasteiger partial charge in [-0.05, 0) is 61.4 Å². The maximum atomic E-state index is 11.9. The highest BCUT2D eigenvalue weighted by molar-refractivity contribution is 9.10. The number of halogens is 1. The van der Waals surface area contributed by atoms with Crippen molar-refractivity contribution in [3.8, 4) is 0 Å². The van der Waals surface area contributed by atoms with Crippen LogP contribution in [0.3, 0.4) is 0 Å². The minimum atomic E-state index is -0.648. The first kappa shape index (κ1) is 16.5. The van der Waals surface area contributed by atoms with Crippen LogP contribution in [-0.2, 0) is 17.8 Å². The third kappa shape index (κ3) is 3.17.